The van der Waals surface area contributed by atoms with Crippen molar-refractivity contribution in [3.05, 3.63) is 29.3 Å². The number of hydrogen-bond donors (Lipinski definition) is 3. The molecule has 7 nitrogen and oxygen atoms in total. The number of para-hydroxylation sites is 1. The molecule has 0 radical (unpaired) electrons. The van der Waals surface area contributed by atoms with Gasteiger partial charge in [-0.15, -0.1) is 11.3 Å². The molecule has 2 aromatic rings. The van der Waals surface area contributed by atoms with Gasteiger partial charge in [0.15, 0.2) is 11.0 Å². The fourth-order valence-electron chi connectivity index (χ4n) is 1.83. The molecule has 0 fully saturated rings. The van der Waals surface area contributed by atoms with Crippen LogP contribution in [0.15, 0.2) is 29.3 Å². The third-order valence-corrected chi connectivity index (χ3v) is 3.83. The summed E-state index contributed by atoms with van der Waals surface area (Å²) in [5.74, 6) is -1.03. The Labute approximate surface area is 124 Å². The number of carbonyl (C=O) groups is 2. The number of thiazole rings is 1. The summed E-state index contributed by atoms with van der Waals surface area (Å²) in [5.41, 5.74) is 16.5. The smallest absolute Gasteiger partial charge is 0.217 e. The van der Waals surface area contributed by atoms with Gasteiger partial charge in [-0.3, -0.25) is 9.59 Å². The number of ketones is 1. The van der Waals surface area contributed by atoms with Gasteiger partial charge in [-0.2, -0.15) is 0 Å². The molecule has 21 heavy (non-hydrogen) atoms. The molecule has 1 aromatic heterocycles. The molecule has 0 aliphatic heterocycles. The predicted molar refractivity (Wildman–Crippen MR) is 82.0 cm³/mol. The third-order valence-electron chi connectivity index (χ3n) is 2.78. The molecule has 110 valence electrons. The van der Waals surface area contributed by atoms with Crippen molar-refractivity contribution in [3.63, 3.8) is 0 Å². The third kappa shape index (κ3) is 3.76. The highest BCUT2D eigenvalue weighted by molar-refractivity contribution is 7.20. The number of primary amides is 1. The highest BCUT2D eigenvalue weighted by atomic mass is 32.1. The van der Waals surface area contributed by atoms with Gasteiger partial charge in [-0.25, -0.2) is 9.98 Å². The summed E-state index contributed by atoms with van der Waals surface area (Å²) in [5, 5.41) is 0.315. The quantitative estimate of drug-likeness (QED) is 0.402. The largest absolute Gasteiger partial charge is 0.370 e. The highest BCUT2D eigenvalue weighted by Crippen LogP contribution is 2.23. The zero-order chi connectivity index (χ0) is 15.4. The average molecular weight is 305 g/mol. The summed E-state index contributed by atoms with van der Waals surface area (Å²) in [6, 6.07) is 6.57. The first kappa shape index (κ1) is 14.9. The van der Waals surface area contributed by atoms with E-state index in [0.717, 1.165) is 10.2 Å². The van der Waals surface area contributed by atoms with Gasteiger partial charge in [0.1, 0.15) is 6.04 Å². The maximum atomic E-state index is 12.4. The molecule has 1 aromatic carbocycles. The number of benzene rings is 1. The van der Waals surface area contributed by atoms with E-state index in [1.807, 2.05) is 24.3 Å². The number of Topliss-reactive ketones (excluding diaryl/α,β-unsaturated/α-hetero) is 1. The van der Waals surface area contributed by atoms with E-state index >= 15 is 0 Å². The van der Waals surface area contributed by atoms with Crippen LogP contribution in [0, 0.1) is 0 Å². The summed E-state index contributed by atoms with van der Waals surface area (Å²) >= 11 is 1.27. The Bertz CT molecular complexity index is 672. The lowest BCUT2D eigenvalue weighted by Crippen LogP contribution is -2.30. The van der Waals surface area contributed by atoms with Gasteiger partial charge < -0.3 is 17.2 Å². The number of nitrogens with two attached hydrogens (primary N) is 3. The summed E-state index contributed by atoms with van der Waals surface area (Å²) in [7, 11) is 0. The SMILES string of the molecule is NC(=O)CCC(N=C(N)N)C(=O)c1nc2ccccc2s1. The van der Waals surface area contributed by atoms with Crippen molar-refractivity contribution in [3.8, 4) is 0 Å². The maximum absolute atomic E-state index is 12.4. The Kier molecular flexibility index (Phi) is 4.49. The first-order valence-corrected chi connectivity index (χ1v) is 7.06. The molecule has 1 unspecified atom stereocenters. The molecule has 2 rings (SSSR count). The van der Waals surface area contributed by atoms with Crippen LogP contribution in [0.25, 0.3) is 10.2 Å². The van der Waals surface area contributed by atoms with Crippen molar-refractivity contribution in [1.29, 1.82) is 0 Å². The normalized spacial score (nSPS) is 12.0. The Morgan fingerprint density at radius 3 is 2.57 bits per heavy atom. The minimum absolute atomic E-state index is 0.0259. The second-order valence-corrected chi connectivity index (χ2v) is 5.46. The van der Waals surface area contributed by atoms with E-state index in [-0.39, 0.29) is 24.6 Å². The van der Waals surface area contributed by atoms with Crippen molar-refractivity contribution >= 4 is 39.2 Å². The summed E-state index contributed by atoms with van der Waals surface area (Å²) in [6.07, 6.45) is 0.181. The van der Waals surface area contributed by atoms with Crippen molar-refractivity contribution in [2.75, 3.05) is 0 Å². The van der Waals surface area contributed by atoms with Crippen molar-refractivity contribution in [2.24, 2.45) is 22.2 Å². The van der Waals surface area contributed by atoms with Crippen LogP contribution < -0.4 is 17.2 Å². The molecular formula is C13H15N5O2S. The average Bonchev–Trinajstić information content (AvgIpc) is 2.86. The maximum Gasteiger partial charge on any atom is 0.217 e. The lowest BCUT2D eigenvalue weighted by Gasteiger charge is -2.08. The van der Waals surface area contributed by atoms with Gasteiger partial charge in [0, 0.05) is 6.42 Å². The monoisotopic (exact) mass is 305 g/mol. The molecule has 1 amide bonds. The lowest BCUT2D eigenvalue weighted by atomic mass is 10.1. The van der Waals surface area contributed by atoms with E-state index in [0.29, 0.717) is 5.01 Å². The molecule has 0 aliphatic carbocycles. The van der Waals surface area contributed by atoms with Crippen LogP contribution in [0.1, 0.15) is 22.6 Å². The van der Waals surface area contributed by atoms with Crippen LogP contribution in [-0.2, 0) is 4.79 Å². The van der Waals surface area contributed by atoms with E-state index in [2.05, 4.69) is 9.98 Å². The first-order chi connectivity index (χ1) is 9.97. The molecular weight excluding hydrogens is 290 g/mol. The van der Waals surface area contributed by atoms with Gasteiger partial charge in [-0.05, 0) is 18.6 Å². The summed E-state index contributed by atoms with van der Waals surface area (Å²) < 4.78 is 0.902. The zero-order valence-electron chi connectivity index (χ0n) is 11.2. The van der Waals surface area contributed by atoms with Crippen LogP contribution in [0.2, 0.25) is 0 Å². The van der Waals surface area contributed by atoms with Gasteiger partial charge in [0.05, 0.1) is 10.2 Å². The topological polar surface area (TPSA) is 137 Å². The molecule has 6 N–H and O–H groups in total. The van der Waals surface area contributed by atoms with Gasteiger partial charge in [0.2, 0.25) is 11.7 Å². The second kappa shape index (κ2) is 6.31. The number of aliphatic imine (C=N–C) groups is 1. The fourth-order valence-corrected chi connectivity index (χ4v) is 2.79. The van der Waals surface area contributed by atoms with E-state index in [1.165, 1.54) is 11.3 Å². The molecule has 0 spiro atoms. The molecule has 0 saturated heterocycles. The van der Waals surface area contributed by atoms with Crippen LogP contribution in [-0.4, -0.2) is 28.7 Å². The minimum Gasteiger partial charge on any atom is -0.370 e. The van der Waals surface area contributed by atoms with Crippen LogP contribution in [0.5, 0.6) is 0 Å². The first-order valence-electron chi connectivity index (χ1n) is 6.24. The van der Waals surface area contributed by atoms with Gasteiger partial charge in [-0.1, -0.05) is 12.1 Å². The predicted octanol–water partition coefficient (Wildman–Crippen LogP) is 0.387. The number of aromatic nitrogens is 1. The van der Waals surface area contributed by atoms with Gasteiger partial charge >= 0.3 is 0 Å². The number of nitrogens with zero attached hydrogens (tertiary/aromatic N) is 2. The van der Waals surface area contributed by atoms with E-state index in [9.17, 15) is 9.59 Å². The highest BCUT2D eigenvalue weighted by Gasteiger charge is 2.23. The summed E-state index contributed by atoms with van der Waals surface area (Å²) in [6.45, 7) is 0. The minimum atomic E-state index is -0.844. The molecule has 1 atom stereocenters. The Balaban J connectivity index is 2.27. The van der Waals surface area contributed by atoms with Gasteiger partial charge in [0.25, 0.3) is 0 Å². The molecule has 0 bridgehead atoms. The van der Waals surface area contributed by atoms with Crippen LogP contribution in [0.3, 0.4) is 0 Å². The van der Waals surface area contributed by atoms with Crippen LogP contribution >= 0.6 is 11.3 Å². The zero-order valence-corrected chi connectivity index (χ0v) is 12.0. The van der Waals surface area contributed by atoms with Crippen molar-refractivity contribution in [2.45, 2.75) is 18.9 Å². The molecule has 0 aliphatic rings. The Morgan fingerprint density at radius 1 is 1.24 bits per heavy atom. The number of guanidine groups is 1. The lowest BCUT2D eigenvalue weighted by molar-refractivity contribution is -0.118. The van der Waals surface area contributed by atoms with Crippen molar-refractivity contribution < 1.29 is 9.59 Å². The summed E-state index contributed by atoms with van der Waals surface area (Å²) in [4.78, 5) is 31.5. The van der Waals surface area contributed by atoms with E-state index in [4.69, 9.17) is 17.2 Å². The number of rotatable bonds is 6. The van der Waals surface area contributed by atoms with Crippen LogP contribution in [0.4, 0.5) is 0 Å². The van der Waals surface area contributed by atoms with E-state index in [1.54, 1.807) is 0 Å². The standard InChI is InChI=1S/C13H15N5O2S/c14-10(19)6-5-8(18-13(15)16)11(20)12-17-7-3-1-2-4-9(7)21-12/h1-4,8H,5-6H2,(H2,14,19)(H4,15,16,18). The molecule has 0 saturated carbocycles. The fraction of sp³-hybridized carbons (Fsp3) is 0.231. The molecule has 1 heterocycles. The number of carbonyl (C=O) groups excluding carboxylic acids is 2. The number of amides is 1. The van der Waals surface area contributed by atoms with Crippen molar-refractivity contribution in [1.82, 2.24) is 4.98 Å². The second-order valence-electron chi connectivity index (χ2n) is 4.43. The Morgan fingerprint density at radius 2 is 1.95 bits per heavy atom. The van der Waals surface area contributed by atoms with E-state index < -0.39 is 11.9 Å². The molecule has 8 heteroatoms. The number of hydrogen-bond acceptors (Lipinski definition) is 5. The number of fused-ring (bicyclic) bond motifs is 1. The Hall–Kier alpha value is -2.48.